The molecule has 0 bridgehead atoms. The quantitative estimate of drug-likeness (QED) is 0.112. The van der Waals surface area contributed by atoms with Crippen LogP contribution in [-0.2, 0) is 23.0 Å². The Hall–Kier alpha value is -1.39. The van der Waals surface area contributed by atoms with E-state index < -0.39 is 10.1 Å². The summed E-state index contributed by atoms with van der Waals surface area (Å²) in [7, 11) is -4.27. The first-order chi connectivity index (χ1) is 18.5. The van der Waals surface area contributed by atoms with Gasteiger partial charge in [0.15, 0.2) is 0 Å². The van der Waals surface area contributed by atoms with Crippen molar-refractivity contribution in [1.82, 2.24) is 0 Å². The minimum Gasteiger partial charge on any atom is -0.282 e. The Morgan fingerprint density at radius 1 is 0.553 bits per heavy atom. The highest BCUT2D eigenvalue weighted by Crippen LogP contribution is 2.30. The summed E-state index contributed by atoms with van der Waals surface area (Å²) in [4.78, 5) is 0.0713. The molecule has 216 valence electrons. The SMILES string of the molecule is CCCCCCCCCCCCc1cc(S(=O)(=O)O)c2cccc(CCCCCCCCCCCC)c2c1. The molecule has 4 heteroatoms. The summed E-state index contributed by atoms with van der Waals surface area (Å²) in [5.74, 6) is 0. The van der Waals surface area contributed by atoms with Crippen molar-refractivity contribution in [2.24, 2.45) is 0 Å². The molecule has 0 atom stereocenters. The molecule has 0 aliphatic rings. The third kappa shape index (κ3) is 13.1. The molecule has 0 aliphatic heterocycles. The molecule has 0 fully saturated rings. The van der Waals surface area contributed by atoms with Crippen LogP contribution >= 0.6 is 0 Å². The fourth-order valence-corrected chi connectivity index (χ4v) is 6.42. The highest BCUT2D eigenvalue weighted by Gasteiger charge is 2.17. The molecule has 0 heterocycles. The Bertz CT molecular complexity index is 996. The van der Waals surface area contributed by atoms with Crippen molar-refractivity contribution in [3.05, 3.63) is 41.5 Å². The van der Waals surface area contributed by atoms with Crippen molar-refractivity contribution in [1.29, 1.82) is 0 Å². The van der Waals surface area contributed by atoms with Crippen molar-refractivity contribution in [2.45, 2.75) is 160 Å². The Balaban J connectivity index is 1.87. The van der Waals surface area contributed by atoms with E-state index in [0.717, 1.165) is 36.6 Å². The van der Waals surface area contributed by atoms with Gasteiger partial charge in [-0.2, -0.15) is 8.42 Å². The topological polar surface area (TPSA) is 54.4 Å². The smallest absolute Gasteiger partial charge is 0.282 e. The maximum absolute atomic E-state index is 12.3. The largest absolute Gasteiger partial charge is 0.295 e. The summed E-state index contributed by atoms with van der Waals surface area (Å²) in [6.07, 6.45) is 27.7. The number of rotatable bonds is 23. The van der Waals surface area contributed by atoms with Gasteiger partial charge in [0.25, 0.3) is 10.1 Å². The molecule has 0 spiro atoms. The Morgan fingerprint density at radius 2 is 1.00 bits per heavy atom. The van der Waals surface area contributed by atoms with Gasteiger partial charge in [-0.1, -0.05) is 154 Å². The molecule has 0 amide bonds. The van der Waals surface area contributed by atoms with Gasteiger partial charge in [-0.3, -0.25) is 4.55 Å². The Morgan fingerprint density at radius 3 is 1.47 bits per heavy atom. The monoisotopic (exact) mass is 544 g/mol. The second kappa shape index (κ2) is 19.6. The van der Waals surface area contributed by atoms with Crippen LogP contribution < -0.4 is 0 Å². The average Bonchev–Trinajstić information content (AvgIpc) is 2.90. The standard InChI is InChI=1S/C34H56O3S/c1-3-5-7-9-11-13-15-17-19-21-24-30-28-33-31(25-22-20-18-16-14-12-10-8-6-4-2)26-23-27-32(33)34(29-30)38(35,36)37/h23,26-29H,3-22,24-25H2,1-2H3,(H,35,36,37). The van der Waals surface area contributed by atoms with Gasteiger partial charge >= 0.3 is 0 Å². The number of fused-ring (bicyclic) bond motifs is 1. The molecule has 0 aromatic heterocycles. The zero-order valence-corrected chi connectivity index (χ0v) is 25.4. The molecule has 1 N–H and O–H groups in total. The van der Waals surface area contributed by atoms with Gasteiger partial charge in [0, 0.05) is 5.39 Å². The number of hydrogen-bond donors (Lipinski definition) is 1. The van der Waals surface area contributed by atoms with E-state index >= 15 is 0 Å². The first-order valence-electron chi connectivity index (χ1n) is 16.0. The summed E-state index contributed by atoms with van der Waals surface area (Å²) in [5.41, 5.74) is 2.23. The van der Waals surface area contributed by atoms with Gasteiger partial charge in [-0.25, -0.2) is 0 Å². The fourth-order valence-electron chi connectivity index (χ4n) is 5.67. The highest BCUT2D eigenvalue weighted by molar-refractivity contribution is 7.86. The van der Waals surface area contributed by atoms with Crippen molar-refractivity contribution in [3.8, 4) is 0 Å². The van der Waals surface area contributed by atoms with E-state index in [0.29, 0.717) is 5.39 Å². The summed E-state index contributed by atoms with van der Waals surface area (Å²) < 4.78 is 34.5. The van der Waals surface area contributed by atoms with Crippen molar-refractivity contribution in [2.75, 3.05) is 0 Å². The van der Waals surface area contributed by atoms with E-state index in [9.17, 15) is 13.0 Å². The van der Waals surface area contributed by atoms with Crippen LogP contribution in [-0.4, -0.2) is 13.0 Å². The Kier molecular flexibility index (Phi) is 17.0. The molecule has 0 aliphatic carbocycles. The van der Waals surface area contributed by atoms with Crippen molar-refractivity contribution in [3.63, 3.8) is 0 Å². The van der Waals surface area contributed by atoms with E-state index in [1.54, 1.807) is 6.07 Å². The van der Waals surface area contributed by atoms with Gasteiger partial charge in [-0.15, -0.1) is 0 Å². The van der Waals surface area contributed by atoms with Crippen LogP contribution in [0.4, 0.5) is 0 Å². The van der Waals surface area contributed by atoms with E-state index in [2.05, 4.69) is 26.0 Å². The lowest BCUT2D eigenvalue weighted by Gasteiger charge is -2.13. The maximum Gasteiger partial charge on any atom is 0.295 e. The minimum absolute atomic E-state index is 0.0713. The summed E-state index contributed by atoms with van der Waals surface area (Å²) >= 11 is 0. The number of unbranched alkanes of at least 4 members (excludes halogenated alkanes) is 18. The number of hydrogen-bond acceptors (Lipinski definition) is 2. The molecule has 0 unspecified atom stereocenters. The predicted octanol–water partition coefficient (Wildman–Crippen LogP) is 11.0. The van der Waals surface area contributed by atoms with E-state index in [1.165, 1.54) is 121 Å². The van der Waals surface area contributed by atoms with Gasteiger partial charge in [0.2, 0.25) is 0 Å². The highest BCUT2D eigenvalue weighted by atomic mass is 32.2. The van der Waals surface area contributed by atoms with Gasteiger partial charge in [0.1, 0.15) is 4.90 Å². The molecule has 38 heavy (non-hydrogen) atoms. The van der Waals surface area contributed by atoms with Crippen LogP contribution in [0.15, 0.2) is 35.2 Å². The zero-order valence-electron chi connectivity index (χ0n) is 24.6. The normalized spacial score (nSPS) is 12.0. The predicted molar refractivity (Wildman–Crippen MR) is 165 cm³/mol. The van der Waals surface area contributed by atoms with Crippen LogP contribution in [0.3, 0.4) is 0 Å². The molecular formula is C34H56O3S. The molecule has 0 saturated heterocycles. The lowest BCUT2D eigenvalue weighted by atomic mass is 9.95. The second-order valence-corrected chi connectivity index (χ2v) is 12.8. The molecule has 2 rings (SSSR count). The van der Waals surface area contributed by atoms with Gasteiger partial charge < -0.3 is 0 Å². The maximum atomic E-state index is 12.3. The summed E-state index contributed by atoms with van der Waals surface area (Å²) in [5, 5.41) is 1.66. The van der Waals surface area contributed by atoms with Crippen molar-refractivity contribution >= 4 is 20.9 Å². The first-order valence-corrected chi connectivity index (χ1v) is 17.4. The number of benzene rings is 2. The van der Waals surface area contributed by atoms with Crippen LogP contribution in [0.5, 0.6) is 0 Å². The third-order valence-corrected chi connectivity index (χ3v) is 8.90. The molecule has 2 aromatic rings. The Labute approximate surface area is 235 Å². The number of aryl methyl sites for hydroxylation is 2. The molecule has 0 radical (unpaired) electrons. The molecule has 2 aromatic carbocycles. The zero-order chi connectivity index (χ0) is 27.5. The van der Waals surface area contributed by atoms with Gasteiger partial charge in [0.05, 0.1) is 0 Å². The lowest BCUT2D eigenvalue weighted by Crippen LogP contribution is -2.02. The lowest BCUT2D eigenvalue weighted by molar-refractivity contribution is 0.484. The van der Waals surface area contributed by atoms with Crippen LogP contribution in [0.25, 0.3) is 10.8 Å². The van der Waals surface area contributed by atoms with Crippen LogP contribution in [0.2, 0.25) is 0 Å². The molecule has 0 saturated carbocycles. The molecular weight excluding hydrogens is 488 g/mol. The fraction of sp³-hybridized carbons (Fsp3) is 0.706. The van der Waals surface area contributed by atoms with Crippen LogP contribution in [0.1, 0.15) is 153 Å². The second-order valence-electron chi connectivity index (χ2n) is 11.4. The van der Waals surface area contributed by atoms with Crippen molar-refractivity contribution < 1.29 is 13.0 Å². The first kappa shape index (κ1) is 32.8. The third-order valence-electron chi connectivity index (χ3n) is 8.00. The summed E-state index contributed by atoms with van der Waals surface area (Å²) in [6, 6.07) is 9.79. The van der Waals surface area contributed by atoms with E-state index in [4.69, 9.17) is 0 Å². The van der Waals surface area contributed by atoms with Crippen LogP contribution in [0, 0.1) is 0 Å². The summed E-state index contributed by atoms with van der Waals surface area (Å²) in [6.45, 7) is 4.52. The van der Waals surface area contributed by atoms with Gasteiger partial charge in [-0.05, 0) is 48.3 Å². The molecule has 3 nitrogen and oxygen atoms in total. The minimum atomic E-state index is -4.27. The van der Waals surface area contributed by atoms with E-state index in [1.807, 2.05) is 12.1 Å². The van der Waals surface area contributed by atoms with E-state index in [-0.39, 0.29) is 4.90 Å². The average molecular weight is 545 g/mol.